The van der Waals surface area contributed by atoms with Crippen LogP contribution >= 0.6 is 0 Å². The Morgan fingerprint density at radius 2 is 2.12 bits per heavy atom. The first kappa shape index (κ1) is 16.2. The zero-order valence-electron chi connectivity index (χ0n) is 14.1. The van der Waals surface area contributed by atoms with Gasteiger partial charge < -0.3 is 15.5 Å². The van der Waals surface area contributed by atoms with Crippen molar-refractivity contribution < 1.29 is 4.79 Å². The average Bonchev–Trinajstić information content (AvgIpc) is 2.55. The zero-order valence-corrected chi connectivity index (χ0v) is 14.1. The number of piperidine rings is 1. The minimum absolute atomic E-state index is 0.0929. The van der Waals surface area contributed by atoms with Gasteiger partial charge in [-0.05, 0) is 43.0 Å². The topological polar surface area (TPSA) is 70.2 Å². The highest BCUT2D eigenvalue weighted by atomic mass is 16.1. The third-order valence-electron chi connectivity index (χ3n) is 4.06. The maximum Gasteiger partial charge on any atom is 0.229 e. The summed E-state index contributed by atoms with van der Waals surface area (Å²) in [5.74, 6) is 2.12. The Morgan fingerprint density at radius 3 is 2.92 bits per heavy atom. The van der Waals surface area contributed by atoms with E-state index >= 15 is 0 Å². The van der Waals surface area contributed by atoms with Gasteiger partial charge >= 0.3 is 0 Å². The molecule has 1 aliphatic rings. The molecular formula is C18H23N5O. The molecular weight excluding hydrogens is 302 g/mol. The zero-order chi connectivity index (χ0) is 16.9. The van der Waals surface area contributed by atoms with E-state index in [1.807, 2.05) is 30.3 Å². The highest BCUT2D eigenvalue weighted by molar-refractivity contribution is 5.89. The number of benzene rings is 1. The van der Waals surface area contributed by atoms with Gasteiger partial charge in [0.05, 0.1) is 0 Å². The van der Waals surface area contributed by atoms with Gasteiger partial charge in [-0.25, -0.2) is 4.98 Å². The van der Waals surface area contributed by atoms with Crippen molar-refractivity contribution in [2.75, 3.05) is 28.6 Å². The minimum atomic E-state index is -0.0929. The number of carbonyl (C=O) groups excluding carboxylic acids is 1. The van der Waals surface area contributed by atoms with Crippen molar-refractivity contribution in [1.29, 1.82) is 0 Å². The summed E-state index contributed by atoms with van der Waals surface area (Å²) in [4.78, 5) is 22.4. The van der Waals surface area contributed by atoms with Crippen molar-refractivity contribution in [3.05, 3.63) is 36.5 Å². The number of rotatable bonds is 4. The van der Waals surface area contributed by atoms with Crippen LogP contribution in [0.2, 0.25) is 0 Å². The van der Waals surface area contributed by atoms with Crippen LogP contribution in [0.3, 0.4) is 0 Å². The molecule has 0 saturated carbocycles. The standard InChI is InChI=1S/C18H23N5O/c1-13-5-4-10-23(12-13)17-8-9-19-18(22-17)21-16-7-3-6-15(11-16)20-14(2)24/h3,6-9,11,13H,4-5,10,12H2,1-2H3,(H,20,24)(H,19,21,22). The number of carbonyl (C=O) groups is 1. The summed E-state index contributed by atoms with van der Waals surface area (Å²) in [6, 6.07) is 9.46. The Hall–Kier alpha value is -2.63. The molecule has 126 valence electrons. The lowest BCUT2D eigenvalue weighted by atomic mass is 10.0. The van der Waals surface area contributed by atoms with Gasteiger partial charge in [0.1, 0.15) is 5.82 Å². The summed E-state index contributed by atoms with van der Waals surface area (Å²) in [5.41, 5.74) is 1.58. The molecule has 0 spiro atoms. The molecule has 1 aromatic carbocycles. The fraction of sp³-hybridized carbons (Fsp3) is 0.389. The first-order valence-electron chi connectivity index (χ1n) is 8.33. The van der Waals surface area contributed by atoms with Crippen LogP contribution in [0, 0.1) is 5.92 Å². The number of hydrogen-bond acceptors (Lipinski definition) is 5. The van der Waals surface area contributed by atoms with E-state index < -0.39 is 0 Å². The van der Waals surface area contributed by atoms with Crippen molar-refractivity contribution in [3.8, 4) is 0 Å². The van der Waals surface area contributed by atoms with Gasteiger partial charge in [0, 0.05) is 37.6 Å². The predicted molar refractivity (Wildman–Crippen MR) is 96.7 cm³/mol. The maximum atomic E-state index is 11.2. The fourth-order valence-corrected chi connectivity index (χ4v) is 2.99. The molecule has 0 bridgehead atoms. The molecule has 2 heterocycles. The lowest BCUT2D eigenvalue weighted by Gasteiger charge is -2.31. The lowest BCUT2D eigenvalue weighted by molar-refractivity contribution is -0.114. The van der Waals surface area contributed by atoms with Crippen LogP contribution in [0.25, 0.3) is 0 Å². The van der Waals surface area contributed by atoms with E-state index in [-0.39, 0.29) is 5.91 Å². The van der Waals surface area contributed by atoms with Crippen LogP contribution < -0.4 is 15.5 Å². The third-order valence-corrected chi connectivity index (χ3v) is 4.06. The summed E-state index contributed by atoms with van der Waals surface area (Å²) in [6.45, 7) is 5.85. The van der Waals surface area contributed by atoms with E-state index in [0.29, 0.717) is 11.9 Å². The first-order chi connectivity index (χ1) is 11.6. The Labute approximate surface area is 142 Å². The van der Waals surface area contributed by atoms with E-state index in [0.717, 1.165) is 30.3 Å². The number of aromatic nitrogens is 2. The molecule has 1 saturated heterocycles. The molecule has 1 unspecified atom stereocenters. The van der Waals surface area contributed by atoms with Gasteiger partial charge in [-0.2, -0.15) is 4.98 Å². The second-order valence-corrected chi connectivity index (χ2v) is 6.32. The fourth-order valence-electron chi connectivity index (χ4n) is 2.99. The predicted octanol–water partition coefficient (Wildman–Crippen LogP) is 3.41. The molecule has 6 heteroatoms. The van der Waals surface area contributed by atoms with Gasteiger partial charge in [-0.3, -0.25) is 4.79 Å². The van der Waals surface area contributed by atoms with Crippen LogP contribution in [-0.4, -0.2) is 29.0 Å². The van der Waals surface area contributed by atoms with Crippen molar-refractivity contribution >= 4 is 29.0 Å². The van der Waals surface area contributed by atoms with E-state index in [1.54, 1.807) is 6.20 Å². The van der Waals surface area contributed by atoms with Crippen LogP contribution in [0.1, 0.15) is 26.7 Å². The number of nitrogens with zero attached hydrogens (tertiary/aromatic N) is 3. The summed E-state index contributed by atoms with van der Waals surface area (Å²) in [7, 11) is 0. The van der Waals surface area contributed by atoms with Gasteiger partial charge in [0.25, 0.3) is 0 Å². The lowest BCUT2D eigenvalue weighted by Crippen LogP contribution is -2.34. The maximum absolute atomic E-state index is 11.2. The van der Waals surface area contributed by atoms with Crippen LogP contribution in [0.4, 0.5) is 23.1 Å². The summed E-state index contributed by atoms with van der Waals surface area (Å²) in [6.07, 6.45) is 4.26. The first-order valence-corrected chi connectivity index (χ1v) is 8.33. The van der Waals surface area contributed by atoms with Gasteiger partial charge in [0.15, 0.2) is 0 Å². The van der Waals surface area contributed by atoms with Crippen LogP contribution in [0.5, 0.6) is 0 Å². The smallest absolute Gasteiger partial charge is 0.229 e. The normalized spacial score (nSPS) is 17.4. The molecule has 1 amide bonds. The number of nitrogens with one attached hydrogen (secondary N) is 2. The van der Waals surface area contributed by atoms with Crippen molar-refractivity contribution in [2.24, 2.45) is 5.92 Å². The molecule has 0 aliphatic carbocycles. The second kappa shape index (κ2) is 7.29. The number of hydrogen-bond donors (Lipinski definition) is 2. The van der Waals surface area contributed by atoms with E-state index in [4.69, 9.17) is 0 Å². The van der Waals surface area contributed by atoms with E-state index in [2.05, 4.69) is 32.4 Å². The molecule has 0 radical (unpaired) electrons. The molecule has 1 aliphatic heterocycles. The third kappa shape index (κ3) is 4.22. The molecule has 3 rings (SSSR count). The molecule has 6 nitrogen and oxygen atoms in total. The molecule has 1 atom stereocenters. The van der Waals surface area contributed by atoms with Crippen molar-refractivity contribution in [1.82, 2.24) is 9.97 Å². The van der Waals surface area contributed by atoms with E-state index in [9.17, 15) is 4.79 Å². The Balaban J connectivity index is 1.74. The highest BCUT2D eigenvalue weighted by Gasteiger charge is 2.17. The number of amides is 1. The summed E-state index contributed by atoms with van der Waals surface area (Å²) < 4.78 is 0. The van der Waals surface area contributed by atoms with Crippen LogP contribution in [-0.2, 0) is 4.79 Å². The molecule has 24 heavy (non-hydrogen) atoms. The van der Waals surface area contributed by atoms with Gasteiger partial charge in [0.2, 0.25) is 11.9 Å². The Morgan fingerprint density at radius 1 is 1.29 bits per heavy atom. The number of anilines is 4. The Kier molecular flexibility index (Phi) is 4.93. The summed E-state index contributed by atoms with van der Waals surface area (Å²) >= 11 is 0. The summed E-state index contributed by atoms with van der Waals surface area (Å²) in [5, 5.41) is 5.98. The highest BCUT2D eigenvalue weighted by Crippen LogP contribution is 2.23. The molecule has 1 aromatic heterocycles. The van der Waals surface area contributed by atoms with Crippen molar-refractivity contribution in [3.63, 3.8) is 0 Å². The quantitative estimate of drug-likeness (QED) is 0.901. The second-order valence-electron chi connectivity index (χ2n) is 6.32. The molecule has 2 N–H and O–H groups in total. The van der Waals surface area contributed by atoms with Gasteiger partial charge in [-0.15, -0.1) is 0 Å². The molecule has 1 fully saturated rings. The van der Waals surface area contributed by atoms with Crippen molar-refractivity contribution in [2.45, 2.75) is 26.7 Å². The minimum Gasteiger partial charge on any atom is -0.356 e. The van der Waals surface area contributed by atoms with E-state index in [1.165, 1.54) is 19.8 Å². The Bertz CT molecular complexity index is 718. The molecule has 2 aromatic rings. The van der Waals surface area contributed by atoms with Gasteiger partial charge in [-0.1, -0.05) is 13.0 Å². The van der Waals surface area contributed by atoms with Crippen LogP contribution in [0.15, 0.2) is 36.5 Å². The largest absolute Gasteiger partial charge is 0.356 e. The SMILES string of the molecule is CC(=O)Nc1cccc(Nc2nccc(N3CCCC(C)C3)n2)c1. The monoisotopic (exact) mass is 325 g/mol. The average molecular weight is 325 g/mol.